The molecule has 1 saturated carbocycles. The molecular weight excluding hydrogens is 165 g/mol. The highest BCUT2D eigenvalue weighted by atomic mass is 19.1. The van der Waals surface area contributed by atoms with E-state index in [9.17, 15) is 4.39 Å². The summed E-state index contributed by atoms with van der Waals surface area (Å²) in [6.07, 6.45) is 2.58. The van der Waals surface area contributed by atoms with Gasteiger partial charge in [0, 0.05) is 6.54 Å². The average molecular weight is 179 g/mol. The van der Waals surface area contributed by atoms with E-state index in [0.29, 0.717) is 5.69 Å². The lowest BCUT2D eigenvalue weighted by molar-refractivity contribution is 0.628. The van der Waals surface area contributed by atoms with E-state index in [1.807, 2.05) is 13.0 Å². The highest BCUT2D eigenvalue weighted by Crippen LogP contribution is 2.29. The van der Waals surface area contributed by atoms with Crippen LogP contribution in [0.25, 0.3) is 0 Å². The Morgan fingerprint density at radius 2 is 2.23 bits per heavy atom. The van der Waals surface area contributed by atoms with Crippen molar-refractivity contribution in [3.63, 3.8) is 0 Å². The van der Waals surface area contributed by atoms with Crippen molar-refractivity contribution in [1.29, 1.82) is 0 Å². The summed E-state index contributed by atoms with van der Waals surface area (Å²) < 4.78 is 13.3. The van der Waals surface area contributed by atoms with Crippen LogP contribution in [0.4, 0.5) is 10.1 Å². The second kappa shape index (κ2) is 3.36. The normalized spacial score (nSPS) is 15.8. The predicted molar refractivity (Wildman–Crippen MR) is 52.4 cm³/mol. The van der Waals surface area contributed by atoms with E-state index in [4.69, 9.17) is 0 Å². The number of anilines is 1. The third kappa shape index (κ3) is 2.00. The molecule has 1 nitrogen and oxygen atoms in total. The van der Waals surface area contributed by atoms with Crippen molar-refractivity contribution >= 4 is 5.69 Å². The Bertz CT molecular complexity index is 285. The summed E-state index contributed by atoms with van der Waals surface area (Å²) in [5.74, 6) is 0.639. The summed E-state index contributed by atoms with van der Waals surface area (Å²) >= 11 is 0. The second-order valence-electron chi connectivity index (χ2n) is 3.76. The molecule has 0 amide bonds. The SMILES string of the molecule is Cc1cccc(F)c1NCC1CC1. The molecule has 0 atom stereocenters. The fraction of sp³-hybridized carbons (Fsp3) is 0.455. The molecule has 1 fully saturated rings. The van der Waals surface area contributed by atoms with Crippen LogP contribution < -0.4 is 5.32 Å². The molecule has 1 aromatic carbocycles. The van der Waals surface area contributed by atoms with E-state index in [-0.39, 0.29) is 5.82 Å². The van der Waals surface area contributed by atoms with Crippen molar-refractivity contribution < 1.29 is 4.39 Å². The standard InChI is InChI=1S/C11H14FN/c1-8-3-2-4-10(12)11(8)13-7-9-5-6-9/h2-4,9,13H,5-7H2,1H3. The highest BCUT2D eigenvalue weighted by molar-refractivity contribution is 5.51. The zero-order valence-electron chi connectivity index (χ0n) is 7.81. The quantitative estimate of drug-likeness (QED) is 0.752. The number of hydrogen-bond donors (Lipinski definition) is 1. The van der Waals surface area contributed by atoms with Crippen LogP contribution in [0.1, 0.15) is 18.4 Å². The summed E-state index contributed by atoms with van der Waals surface area (Å²) in [4.78, 5) is 0. The maximum atomic E-state index is 13.3. The number of nitrogens with one attached hydrogen (secondary N) is 1. The predicted octanol–water partition coefficient (Wildman–Crippen LogP) is 2.96. The van der Waals surface area contributed by atoms with Gasteiger partial charge in [-0.25, -0.2) is 4.39 Å². The second-order valence-corrected chi connectivity index (χ2v) is 3.76. The maximum Gasteiger partial charge on any atom is 0.146 e. The molecule has 0 aliphatic heterocycles. The zero-order valence-corrected chi connectivity index (χ0v) is 7.81. The van der Waals surface area contributed by atoms with Crippen LogP contribution in [-0.2, 0) is 0 Å². The van der Waals surface area contributed by atoms with Gasteiger partial charge in [0.1, 0.15) is 5.82 Å². The summed E-state index contributed by atoms with van der Waals surface area (Å²) in [7, 11) is 0. The lowest BCUT2D eigenvalue weighted by Crippen LogP contribution is -2.06. The largest absolute Gasteiger partial charge is 0.382 e. The third-order valence-corrected chi connectivity index (χ3v) is 2.49. The minimum absolute atomic E-state index is 0.138. The first-order valence-electron chi connectivity index (χ1n) is 4.76. The van der Waals surface area contributed by atoms with Crippen LogP contribution in [0.2, 0.25) is 0 Å². The Labute approximate surface area is 78.0 Å². The first-order valence-corrected chi connectivity index (χ1v) is 4.76. The van der Waals surface area contributed by atoms with Gasteiger partial charge < -0.3 is 5.32 Å². The molecule has 0 spiro atoms. The Hall–Kier alpha value is -1.05. The molecule has 0 aromatic heterocycles. The first-order chi connectivity index (χ1) is 6.27. The monoisotopic (exact) mass is 179 g/mol. The van der Waals surface area contributed by atoms with Gasteiger partial charge in [0.05, 0.1) is 5.69 Å². The van der Waals surface area contributed by atoms with Gasteiger partial charge in [0.15, 0.2) is 0 Å². The van der Waals surface area contributed by atoms with Crippen molar-refractivity contribution in [2.75, 3.05) is 11.9 Å². The van der Waals surface area contributed by atoms with Crippen LogP contribution in [0.5, 0.6) is 0 Å². The third-order valence-electron chi connectivity index (χ3n) is 2.49. The highest BCUT2D eigenvalue weighted by Gasteiger charge is 2.21. The molecule has 0 unspecified atom stereocenters. The number of halogens is 1. The molecule has 2 rings (SSSR count). The molecule has 0 heterocycles. The number of para-hydroxylation sites is 1. The van der Waals surface area contributed by atoms with Gasteiger partial charge in [-0.3, -0.25) is 0 Å². The van der Waals surface area contributed by atoms with Crippen LogP contribution in [0.3, 0.4) is 0 Å². The molecule has 1 aromatic rings. The van der Waals surface area contributed by atoms with Crippen molar-refractivity contribution in [2.24, 2.45) is 5.92 Å². The summed E-state index contributed by atoms with van der Waals surface area (Å²) in [5.41, 5.74) is 1.66. The molecule has 70 valence electrons. The topological polar surface area (TPSA) is 12.0 Å². The molecule has 2 heteroatoms. The minimum atomic E-state index is -0.138. The Morgan fingerprint density at radius 1 is 1.46 bits per heavy atom. The van der Waals surface area contributed by atoms with Crippen molar-refractivity contribution in [1.82, 2.24) is 0 Å². The molecule has 0 radical (unpaired) electrons. The van der Waals surface area contributed by atoms with Gasteiger partial charge >= 0.3 is 0 Å². The summed E-state index contributed by atoms with van der Waals surface area (Å²) in [6.45, 7) is 2.85. The Morgan fingerprint density at radius 3 is 2.85 bits per heavy atom. The van der Waals surface area contributed by atoms with Gasteiger partial charge in [0.25, 0.3) is 0 Å². The maximum absolute atomic E-state index is 13.3. The van der Waals surface area contributed by atoms with Crippen LogP contribution in [-0.4, -0.2) is 6.54 Å². The molecule has 1 N–H and O–H groups in total. The Balaban J connectivity index is 2.07. The van der Waals surface area contributed by atoms with E-state index in [2.05, 4.69) is 5.32 Å². The van der Waals surface area contributed by atoms with E-state index < -0.39 is 0 Å². The lowest BCUT2D eigenvalue weighted by atomic mass is 10.2. The summed E-state index contributed by atoms with van der Waals surface area (Å²) in [5, 5.41) is 3.17. The average Bonchev–Trinajstić information content (AvgIpc) is 2.87. The minimum Gasteiger partial charge on any atom is -0.382 e. The molecule has 0 bridgehead atoms. The fourth-order valence-electron chi connectivity index (χ4n) is 1.42. The molecule has 1 aliphatic carbocycles. The van der Waals surface area contributed by atoms with Gasteiger partial charge in [0.2, 0.25) is 0 Å². The van der Waals surface area contributed by atoms with Crippen LogP contribution in [0, 0.1) is 18.7 Å². The smallest absolute Gasteiger partial charge is 0.146 e. The van der Waals surface area contributed by atoms with Crippen molar-refractivity contribution in [2.45, 2.75) is 19.8 Å². The van der Waals surface area contributed by atoms with Crippen molar-refractivity contribution in [3.8, 4) is 0 Å². The molecule has 0 saturated heterocycles. The number of benzene rings is 1. The van der Waals surface area contributed by atoms with Crippen LogP contribution >= 0.6 is 0 Å². The van der Waals surface area contributed by atoms with E-state index >= 15 is 0 Å². The fourth-order valence-corrected chi connectivity index (χ4v) is 1.42. The number of hydrogen-bond acceptors (Lipinski definition) is 1. The van der Waals surface area contributed by atoms with Gasteiger partial charge in [-0.2, -0.15) is 0 Å². The Kier molecular flexibility index (Phi) is 2.21. The first kappa shape index (κ1) is 8.54. The zero-order chi connectivity index (χ0) is 9.26. The van der Waals surface area contributed by atoms with E-state index in [1.165, 1.54) is 18.9 Å². The molecular formula is C11H14FN. The summed E-state index contributed by atoms with van der Waals surface area (Å²) in [6, 6.07) is 5.17. The van der Waals surface area contributed by atoms with Gasteiger partial charge in [-0.1, -0.05) is 12.1 Å². The van der Waals surface area contributed by atoms with E-state index in [0.717, 1.165) is 18.0 Å². The molecule has 13 heavy (non-hydrogen) atoms. The van der Waals surface area contributed by atoms with Gasteiger partial charge in [-0.05, 0) is 37.3 Å². The van der Waals surface area contributed by atoms with Crippen LogP contribution in [0.15, 0.2) is 18.2 Å². The van der Waals surface area contributed by atoms with Gasteiger partial charge in [-0.15, -0.1) is 0 Å². The van der Waals surface area contributed by atoms with E-state index in [1.54, 1.807) is 6.07 Å². The lowest BCUT2D eigenvalue weighted by Gasteiger charge is -2.09. The molecule has 1 aliphatic rings. The number of rotatable bonds is 3. The van der Waals surface area contributed by atoms with Crippen molar-refractivity contribution in [3.05, 3.63) is 29.6 Å². The number of aryl methyl sites for hydroxylation is 1.